The molecular weight excluding hydrogens is 530 g/mol. The maximum absolute atomic E-state index is 13.0. The summed E-state index contributed by atoms with van der Waals surface area (Å²) in [6.45, 7) is 5.68. The standard InChI is InChI=1S/C26H40F6N4O3/c27-25(28,29)5-7-33-9-10-34(8-6-26(30,31)32)12-14-36-16-20-37-19-15-35(13-11-33)17-21-38-23-3-1-2-4-24(23)39-22-18-36/h1-4H,5-22H2. The van der Waals surface area contributed by atoms with Gasteiger partial charge in [-0.15, -0.1) is 0 Å². The third kappa shape index (κ3) is 13.4. The van der Waals surface area contributed by atoms with Gasteiger partial charge in [0.25, 0.3) is 0 Å². The summed E-state index contributed by atoms with van der Waals surface area (Å²) in [7, 11) is 0. The predicted molar refractivity (Wildman–Crippen MR) is 135 cm³/mol. The van der Waals surface area contributed by atoms with Crippen molar-refractivity contribution in [3.8, 4) is 11.5 Å². The molecule has 1 fully saturated rings. The number of hydrogen-bond donors (Lipinski definition) is 0. The summed E-state index contributed by atoms with van der Waals surface area (Å²) in [5, 5.41) is 0. The van der Waals surface area contributed by atoms with Gasteiger partial charge in [-0.1, -0.05) is 12.1 Å². The number of benzene rings is 1. The molecule has 1 aromatic carbocycles. The Morgan fingerprint density at radius 1 is 0.538 bits per heavy atom. The number of nitrogens with zero attached hydrogens (tertiary/aromatic N) is 4. The summed E-state index contributed by atoms with van der Waals surface area (Å²) < 4.78 is 96.0. The van der Waals surface area contributed by atoms with E-state index in [0.29, 0.717) is 90.3 Å². The predicted octanol–water partition coefficient (Wildman–Crippen LogP) is 3.60. The molecule has 3 rings (SSSR count). The van der Waals surface area contributed by atoms with E-state index < -0.39 is 25.2 Å². The first-order valence-electron chi connectivity index (χ1n) is 13.5. The smallest absolute Gasteiger partial charge is 0.390 e. The molecule has 2 aliphatic heterocycles. The molecule has 1 saturated heterocycles. The van der Waals surface area contributed by atoms with Crippen LogP contribution in [0.5, 0.6) is 11.5 Å². The van der Waals surface area contributed by atoms with E-state index in [-0.39, 0.29) is 26.2 Å². The quantitative estimate of drug-likeness (QED) is 0.405. The van der Waals surface area contributed by atoms with Gasteiger partial charge < -0.3 is 24.0 Å². The highest BCUT2D eigenvalue weighted by atomic mass is 19.4. The van der Waals surface area contributed by atoms with Crippen molar-refractivity contribution in [1.82, 2.24) is 19.6 Å². The molecule has 2 atom stereocenters. The van der Waals surface area contributed by atoms with Gasteiger partial charge in [0.15, 0.2) is 11.5 Å². The molecule has 224 valence electrons. The van der Waals surface area contributed by atoms with E-state index >= 15 is 0 Å². The molecule has 0 spiro atoms. The van der Waals surface area contributed by atoms with E-state index in [0.717, 1.165) is 0 Å². The van der Waals surface area contributed by atoms with E-state index in [1.807, 2.05) is 24.3 Å². The zero-order valence-corrected chi connectivity index (χ0v) is 22.3. The molecule has 0 N–H and O–H groups in total. The molecule has 1 aromatic rings. The fraction of sp³-hybridized carbons (Fsp3) is 0.769. The van der Waals surface area contributed by atoms with Crippen LogP contribution in [-0.2, 0) is 4.74 Å². The largest absolute Gasteiger partial charge is 0.488 e. The summed E-state index contributed by atoms with van der Waals surface area (Å²) in [4.78, 5) is 7.57. The van der Waals surface area contributed by atoms with E-state index in [1.165, 1.54) is 0 Å². The van der Waals surface area contributed by atoms with Crippen LogP contribution in [0.2, 0.25) is 0 Å². The summed E-state index contributed by atoms with van der Waals surface area (Å²) >= 11 is 0. The Hall–Kier alpha value is -1.80. The van der Waals surface area contributed by atoms with Gasteiger partial charge in [-0.3, -0.25) is 9.80 Å². The summed E-state index contributed by atoms with van der Waals surface area (Å²) in [6.07, 6.45) is -10.5. The average molecular weight is 571 g/mol. The lowest BCUT2D eigenvalue weighted by atomic mass is 10.3. The maximum atomic E-state index is 13.0. The highest BCUT2D eigenvalue weighted by Gasteiger charge is 2.29. The van der Waals surface area contributed by atoms with Crippen LogP contribution in [0, 0.1) is 0 Å². The van der Waals surface area contributed by atoms with Crippen LogP contribution in [0.25, 0.3) is 0 Å². The van der Waals surface area contributed by atoms with Gasteiger partial charge in [-0.05, 0) is 12.1 Å². The van der Waals surface area contributed by atoms with E-state index in [1.54, 1.807) is 9.80 Å². The Labute approximate surface area is 226 Å². The van der Waals surface area contributed by atoms with Gasteiger partial charge in [-0.2, -0.15) is 26.3 Å². The molecule has 7 nitrogen and oxygen atoms in total. The van der Waals surface area contributed by atoms with Crippen molar-refractivity contribution in [3.63, 3.8) is 0 Å². The molecule has 39 heavy (non-hydrogen) atoms. The molecule has 2 unspecified atom stereocenters. The second-order valence-electron chi connectivity index (χ2n) is 9.85. The Bertz CT molecular complexity index is 765. The van der Waals surface area contributed by atoms with Gasteiger partial charge in [0.1, 0.15) is 13.2 Å². The first kappa shape index (κ1) is 31.7. The molecule has 13 heteroatoms. The van der Waals surface area contributed by atoms with Crippen molar-refractivity contribution < 1.29 is 40.6 Å². The zero-order chi connectivity index (χ0) is 28.1. The number of rotatable bonds is 4. The lowest BCUT2D eigenvalue weighted by Gasteiger charge is -2.31. The lowest BCUT2D eigenvalue weighted by molar-refractivity contribution is -0.140. The average Bonchev–Trinajstić information content (AvgIpc) is 2.87. The Kier molecular flexibility index (Phi) is 12.9. The summed E-state index contributed by atoms with van der Waals surface area (Å²) in [5.74, 6) is 1.22. The molecule has 2 aliphatic rings. The second kappa shape index (κ2) is 15.8. The fourth-order valence-corrected chi connectivity index (χ4v) is 4.51. The second-order valence-corrected chi connectivity index (χ2v) is 9.85. The number of hydrogen-bond acceptors (Lipinski definition) is 7. The molecule has 0 saturated carbocycles. The SMILES string of the molecule is FC(F)(F)CCN1CCN2CCOCCN(CCOc3ccccc3OCC2)CCN(CCC(F)(F)F)CC1. The van der Waals surface area contributed by atoms with Gasteiger partial charge in [0.05, 0.1) is 26.1 Å². The Morgan fingerprint density at radius 3 is 1.33 bits per heavy atom. The molecular formula is C26H40F6N4O3. The minimum Gasteiger partial charge on any atom is -0.488 e. The van der Waals surface area contributed by atoms with E-state index in [4.69, 9.17) is 14.2 Å². The molecule has 0 aliphatic carbocycles. The minimum absolute atomic E-state index is 0.200. The summed E-state index contributed by atoms with van der Waals surface area (Å²) in [6, 6.07) is 7.37. The highest BCUT2D eigenvalue weighted by Crippen LogP contribution is 2.26. The van der Waals surface area contributed by atoms with Gasteiger partial charge >= 0.3 is 12.4 Å². The van der Waals surface area contributed by atoms with Gasteiger partial charge in [-0.25, -0.2) is 0 Å². The van der Waals surface area contributed by atoms with Crippen LogP contribution in [0.3, 0.4) is 0 Å². The fourth-order valence-electron chi connectivity index (χ4n) is 4.51. The Balaban J connectivity index is 1.80. The number of fused-ring (bicyclic) bond motifs is 7. The molecule has 0 radical (unpaired) electrons. The maximum Gasteiger partial charge on any atom is 0.390 e. The van der Waals surface area contributed by atoms with Gasteiger partial charge in [0.2, 0.25) is 0 Å². The van der Waals surface area contributed by atoms with Crippen LogP contribution in [0.15, 0.2) is 24.3 Å². The first-order chi connectivity index (χ1) is 18.6. The normalized spacial score (nSPS) is 24.3. The van der Waals surface area contributed by atoms with Crippen LogP contribution >= 0.6 is 0 Å². The number of ether oxygens (including phenoxy) is 3. The van der Waals surface area contributed by atoms with Gasteiger partial charge in [0, 0.05) is 78.5 Å². The minimum atomic E-state index is -4.31. The van der Waals surface area contributed by atoms with Crippen LogP contribution in [0.1, 0.15) is 12.8 Å². The van der Waals surface area contributed by atoms with E-state index in [2.05, 4.69) is 9.80 Å². The molecule has 2 bridgehead atoms. The topological polar surface area (TPSA) is 40.7 Å². The number of para-hydroxylation sites is 2. The van der Waals surface area contributed by atoms with E-state index in [9.17, 15) is 26.3 Å². The van der Waals surface area contributed by atoms with Crippen LogP contribution in [-0.4, -0.2) is 137 Å². The third-order valence-electron chi connectivity index (χ3n) is 6.90. The highest BCUT2D eigenvalue weighted by molar-refractivity contribution is 5.39. The monoisotopic (exact) mass is 570 g/mol. The first-order valence-corrected chi connectivity index (χ1v) is 13.5. The van der Waals surface area contributed by atoms with Crippen molar-refractivity contribution >= 4 is 0 Å². The van der Waals surface area contributed by atoms with Crippen LogP contribution in [0.4, 0.5) is 26.3 Å². The van der Waals surface area contributed by atoms with Crippen molar-refractivity contribution in [2.75, 3.05) is 105 Å². The third-order valence-corrected chi connectivity index (χ3v) is 6.90. The van der Waals surface area contributed by atoms with Crippen LogP contribution < -0.4 is 9.47 Å². The molecule has 0 amide bonds. The van der Waals surface area contributed by atoms with Crippen molar-refractivity contribution in [1.29, 1.82) is 0 Å². The zero-order valence-electron chi connectivity index (χ0n) is 22.3. The van der Waals surface area contributed by atoms with Crippen molar-refractivity contribution in [2.45, 2.75) is 25.2 Å². The number of halogens is 6. The molecule has 0 aromatic heterocycles. The lowest BCUT2D eigenvalue weighted by Crippen LogP contribution is -2.44. The Morgan fingerprint density at radius 2 is 0.923 bits per heavy atom. The molecule has 2 heterocycles. The van der Waals surface area contributed by atoms with Crippen molar-refractivity contribution in [3.05, 3.63) is 24.3 Å². The number of alkyl halides is 6. The van der Waals surface area contributed by atoms with Crippen molar-refractivity contribution in [2.24, 2.45) is 0 Å². The summed E-state index contributed by atoms with van der Waals surface area (Å²) in [5.41, 5.74) is 0.